The van der Waals surface area contributed by atoms with E-state index in [1.165, 1.54) is 4.31 Å². The summed E-state index contributed by atoms with van der Waals surface area (Å²) in [5.74, 6) is 0.490. The van der Waals surface area contributed by atoms with E-state index in [-0.39, 0.29) is 11.5 Å². The van der Waals surface area contributed by atoms with E-state index in [1.807, 2.05) is 37.3 Å². The predicted octanol–water partition coefficient (Wildman–Crippen LogP) is 3.27. The minimum Gasteiger partial charge on any atom is -0.394 e. The van der Waals surface area contributed by atoms with Crippen molar-refractivity contribution in [2.75, 3.05) is 12.4 Å². The van der Waals surface area contributed by atoms with Crippen LogP contribution >= 0.6 is 11.8 Å². The zero-order valence-corrected chi connectivity index (χ0v) is 17.3. The van der Waals surface area contributed by atoms with Crippen molar-refractivity contribution in [3.05, 3.63) is 60.2 Å². The first-order valence-corrected chi connectivity index (χ1v) is 11.3. The van der Waals surface area contributed by atoms with Crippen LogP contribution in [0.4, 0.5) is 0 Å². The van der Waals surface area contributed by atoms with E-state index in [9.17, 15) is 13.5 Å². The summed E-state index contributed by atoms with van der Waals surface area (Å²) in [5.41, 5.74) is -0.0470. The summed E-state index contributed by atoms with van der Waals surface area (Å²) in [4.78, 5) is 1.28. The fourth-order valence-corrected chi connectivity index (χ4v) is 6.44. The Labute approximate surface area is 165 Å². The number of ether oxygens (including phenoxy) is 1. The lowest BCUT2D eigenvalue weighted by molar-refractivity contribution is -0.0640. The summed E-state index contributed by atoms with van der Waals surface area (Å²) < 4.78 is 34.1. The summed E-state index contributed by atoms with van der Waals surface area (Å²) in [7, 11) is -3.78. The molecule has 2 aromatic rings. The maximum absolute atomic E-state index is 13.4. The van der Waals surface area contributed by atoms with Gasteiger partial charge in [-0.1, -0.05) is 35.9 Å². The van der Waals surface area contributed by atoms with Gasteiger partial charge < -0.3 is 9.84 Å². The molecular formula is C20H25NO4S2. The largest absolute Gasteiger partial charge is 0.394 e. The van der Waals surface area contributed by atoms with Crippen molar-refractivity contribution < 1.29 is 18.3 Å². The van der Waals surface area contributed by atoms with Crippen LogP contribution in [0.3, 0.4) is 0 Å². The van der Waals surface area contributed by atoms with Gasteiger partial charge in [0.2, 0.25) is 10.0 Å². The van der Waals surface area contributed by atoms with E-state index < -0.39 is 27.9 Å². The molecule has 2 atom stereocenters. The minimum absolute atomic E-state index is 0.233. The van der Waals surface area contributed by atoms with Crippen LogP contribution in [-0.2, 0) is 14.8 Å². The first-order chi connectivity index (χ1) is 12.8. The lowest BCUT2D eigenvalue weighted by Crippen LogP contribution is -2.49. The first-order valence-electron chi connectivity index (χ1n) is 8.83. The van der Waals surface area contributed by atoms with Crippen molar-refractivity contribution >= 4 is 21.8 Å². The van der Waals surface area contributed by atoms with Gasteiger partial charge in [-0.15, -0.1) is 11.8 Å². The lowest BCUT2D eigenvalue weighted by Gasteiger charge is -2.32. The van der Waals surface area contributed by atoms with Crippen molar-refractivity contribution in [2.45, 2.75) is 48.4 Å². The van der Waals surface area contributed by atoms with Gasteiger partial charge in [-0.3, -0.25) is 0 Å². The number of hydrogen-bond acceptors (Lipinski definition) is 5. The predicted molar refractivity (Wildman–Crippen MR) is 107 cm³/mol. The Balaban J connectivity index is 1.94. The van der Waals surface area contributed by atoms with Gasteiger partial charge in [0.25, 0.3) is 0 Å². The molecule has 2 aromatic carbocycles. The first kappa shape index (κ1) is 20.4. The molecule has 0 aliphatic carbocycles. The zero-order valence-electron chi connectivity index (χ0n) is 15.7. The Morgan fingerprint density at radius 1 is 1.11 bits per heavy atom. The number of thioether (sulfide) groups is 1. The fraction of sp³-hybridized carbons (Fsp3) is 0.400. The van der Waals surface area contributed by atoms with E-state index >= 15 is 0 Å². The fourth-order valence-electron chi connectivity index (χ4n) is 3.38. The number of aliphatic hydroxyl groups is 1. The second kappa shape index (κ2) is 7.93. The third-order valence-corrected chi connectivity index (χ3v) is 7.83. The normalized spacial score (nSPS) is 22.8. The highest BCUT2D eigenvalue weighted by molar-refractivity contribution is 7.99. The highest BCUT2D eigenvalue weighted by Crippen LogP contribution is 2.39. The Morgan fingerprint density at radius 2 is 1.74 bits per heavy atom. The Morgan fingerprint density at radius 3 is 2.33 bits per heavy atom. The molecule has 3 rings (SSSR count). The number of sulfonamides is 1. The molecule has 1 saturated heterocycles. The summed E-state index contributed by atoms with van der Waals surface area (Å²) >= 11 is 1.56. The summed E-state index contributed by atoms with van der Waals surface area (Å²) in [5, 5.41) is 9.80. The van der Waals surface area contributed by atoms with E-state index in [2.05, 4.69) is 0 Å². The van der Waals surface area contributed by atoms with Crippen molar-refractivity contribution in [3.63, 3.8) is 0 Å². The van der Waals surface area contributed by atoms with Crippen LogP contribution in [0.5, 0.6) is 0 Å². The number of nitrogens with zero attached hydrogens (tertiary/aromatic N) is 1. The van der Waals surface area contributed by atoms with Crippen molar-refractivity contribution in [1.82, 2.24) is 4.31 Å². The molecular weight excluding hydrogens is 382 g/mol. The molecule has 0 radical (unpaired) electrons. The topological polar surface area (TPSA) is 66.8 Å². The molecule has 1 N–H and O–H groups in total. The van der Waals surface area contributed by atoms with Gasteiger partial charge in [0.05, 0.1) is 17.5 Å². The highest BCUT2D eigenvalue weighted by Gasteiger charge is 2.53. The Hall–Kier alpha value is -1.38. The number of hydrogen-bond donors (Lipinski definition) is 1. The molecule has 0 aromatic heterocycles. The Kier molecular flexibility index (Phi) is 5.98. The summed E-state index contributed by atoms with van der Waals surface area (Å²) in [6.07, 6.45) is -0.573. The summed E-state index contributed by atoms with van der Waals surface area (Å²) in [6.45, 7) is 5.15. The molecule has 1 aliphatic rings. The lowest BCUT2D eigenvalue weighted by atomic mass is 10.2. The monoisotopic (exact) mass is 407 g/mol. The molecule has 0 amide bonds. The molecule has 0 spiro atoms. The highest BCUT2D eigenvalue weighted by atomic mass is 32.2. The standard InChI is InChI=1S/C20H25NO4S2/c1-15-9-11-17(12-10-15)27(23,24)21-18(19(13-22)25-20(21,2)3)14-26-16-7-5-4-6-8-16/h4-12,18-19,22H,13-14H2,1-3H3/t18-,19-/m0/s1. The second-order valence-electron chi connectivity index (χ2n) is 7.09. The molecule has 1 aliphatic heterocycles. The third kappa shape index (κ3) is 4.22. The quantitative estimate of drug-likeness (QED) is 0.745. The van der Waals surface area contributed by atoms with E-state index in [4.69, 9.17) is 4.74 Å². The number of aliphatic hydroxyl groups excluding tert-OH is 1. The summed E-state index contributed by atoms with van der Waals surface area (Å²) in [6, 6.07) is 16.1. The van der Waals surface area contributed by atoms with Gasteiger partial charge in [0.1, 0.15) is 11.8 Å². The van der Waals surface area contributed by atoms with Crippen LogP contribution in [0.25, 0.3) is 0 Å². The van der Waals surface area contributed by atoms with Crippen LogP contribution in [0.1, 0.15) is 19.4 Å². The van der Waals surface area contributed by atoms with E-state index in [0.717, 1.165) is 10.5 Å². The average molecular weight is 408 g/mol. The van der Waals surface area contributed by atoms with Gasteiger partial charge in [0.15, 0.2) is 0 Å². The number of aryl methyl sites for hydroxylation is 1. The smallest absolute Gasteiger partial charge is 0.245 e. The average Bonchev–Trinajstić information content (AvgIpc) is 2.91. The molecule has 27 heavy (non-hydrogen) atoms. The molecule has 146 valence electrons. The third-order valence-electron chi connectivity index (χ3n) is 4.62. The van der Waals surface area contributed by atoms with Crippen LogP contribution in [0, 0.1) is 6.92 Å². The number of rotatable bonds is 6. The van der Waals surface area contributed by atoms with Crippen molar-refractivity contribution in [2.24, 2.45) is 0 Å². The number of benzene rings is 2. The van der Waals surface area contributed by atoms with Gasteiger partial charge in [-0.2, -0.15) is 4.31 Å². The molecule has 0 saturated carbocycles. The van der Waals surface area contributed by atoms with Gasteiger partial charge in [-0.05, 0) is 45.0 Å². The van der Waals surface area contributed by atoms with E-state index in [0.29, 0.717) is 5.75 Å². The Bertz CT molecular complexity index is 867. The van der Waals surface area contributed by atoms with Crippen molar-refractivity contribution in [3.8, 4) is 0 Å². The minimum atomic E-state index is -3.78. The second-order valence-corrected chi connectivity index (χ2v) is 10.00. The maximum atomic E-state index is 13.4. The van der Waals surface area contributed by atoms with Crippen LogP contribution in [-0.4, -0.2) is 48.1 Å². The molecule has 0 bridgehead atoms. The molecule has 1 fully saturated rings. The molecule has 7 heteroatoms. The van der Waals surface area contributed by atoms with Gasteiger partial charge in [-0.25, -0.2) is 8.42 Å². The molecule has 1 heterocycles. The van der Waals surface area contributed by atoms with Crippen LogP contribution < -0.4 is 0 Å². The van der Waals surface area contributed by atoms with E-state index in [1.54, 1.807) is 49.9 Å². The molecule has 5 nitrogen and oxygen atoms in total. The van der Waals surface area contributed by atoms with Crippen molar-refractivity contribution in [1.29, 1.82) is 0 Å². The SMILES string of the molecule is Cc1ccc(S(=O)(=O)N2[C@@H](CSc3ccccc3)[C@H](CO)OC2(C)C)cc1. The van der Waals surface area contributed by atoms with Gasteiger partial charge in [0, 0.05) is 10.6 Å². The molecule has 0 unspecified atom stereocenters. The van der Waals surface area contributed by atoms with Crippen LogP contribution in [0.2, 0.25) is 0 Å². The maximum Gasteiger partial charge on any atom is 0.245 e. The zero-order chi connectivity index (χ0) is 19.7. The van der Waals surface area contributed by atoms with Gasteiger partial charge >= 0.3 is 0 Å². The van der Waals surface area contributed by atoms with Crippen LogP contribution in [0.15, 0.2) is 64.4 Å².